The second-order valence-electron chi connectivity index (χ2n) is 7.94. The topological polar surface area (TPSA) is 60.4 Å². The summed E-state index contributed by atoms with van der Waals surface area (Å²) in [4.78, 5) is 8.74. The van der Waals surface area contributed by atoms with E-state index in [1.807, 2.05) is 95.9 Å². The van der Waals surface area contributed by atoms with Crippen LogP contribution in [0.15, 0.2) is 73.1 Å². The second kappa shape index (κ2) is 10.6. The summed E-state index contributed by atoms with van der Waals surface area (Å²) in [7, 11) is 0. The smallest absolute Gasteiger partial charge is 0.169 e. The lowest BCUT2D eigenvalue weighted by molar-refractivity contribution is 0.925. The number of hydrogen-bond acceptors (Lipinski definition) is 4. The van der Waals surface area contributed by atoms with E-state index in [1.54, 1.807) is 0 Å². The molecule has 0 saturated carbocycles. The van der Waals surface area contributed by atoms with Gasteiger partial charge in [0.05, 0.1) is 29.9 Å². The van der Waals surface area contributed by atoms with E-state index in [0.717, 1.165) is 62.4 Å². The van der Waals surface area contributed by atoms with Crippen LogP contribution in [-0.4, -0.2) is 29.2 Å². The van der Waals surface area contributed by atoms with Gasteiger partial charge in [-0.25, -0.2) is 19.0 Å². The number of benzene rings is 2. The third kappa shape index (κ3) is 4.96. The molecule has 0 spiro atoms. The molecular weight excluding hydrogens is 721 g/mol. The average Bonchev–Trinajstić information content (AvgIpc) is 3.35. The lowest BCUT2D eigenvalue weighted by Crippen LogP contribution is -1.95. The SMILES string of the molecule is Cc1nn2c(-c3ccc(Cl)cc3)ccnc2c1I.Cc1nn2c(-c3ccc(Cl)cc3)ccnc2c1I. The summed E-state index contributed by atoms with van der Waals surface area (Å²) < 4.78 is 5.92. The molecule has 0 fully saturated rings. The van der Waals surface area contributed by atoms with E-state index in [1.165, 1.54) is 0 Å². The summed E-state index contributed by atoms with van der Waals surface area (Å²) in [6, 6.07) is 19.4. The first-order valence-electron chi connectivity index (χ1n) is 10.8. The summed E-state index contributed by atoms with van der Waals surface area (Å²) in [6.07, 6.45) is 3.62. The van der Waals surface area contributed by atoms with Crippen LogP contribution in [0.2, 0.25) is 10.0 Å². The van der Waals surface area contributed by atoms with Gasteiger partial charge < -0.3 is 0 Å². The highest BCUT2D eigenvalue weighted by molar-refractivity contribution is 14.1. The Morgan fingerprint density at radius 2 is 0.944 bits per heavy atom. The number of aromatic nitrogens is 6. The van der Waals surface area contributed by atoms with Crippen molar-refractivity contribution in [3.05, 3.63) is 102 Å². The zero-order chi connectivity index (χ0) is 25.4. The molecule has 6 nitrogen and oxygen atoms in total. The minimum atomic E-state index is 0.732. The van der Waals surface area contributed by atoms with E-state index < -0.39 is 0 Å². The van der Waals surface area contributed by atoms with Crippen LogP contribution in [0.4, 0.5) is 0 Å². The van der Waals surface area contributed by atoms with Crippen molar-refractivity contribution in [1.29, 1.82) is 0 Å². The number of halogens is 4. The molecule has 0 aliphatic heterocycles. The summed E-state index contributed by atoms with van der Waals surface area (Å²) in [6.45, 7) is 3.98. The summed E-state index contributed by atoms with van der Waals surface area (Å²) in [5, 5.41) is 10.5. The maximum atomic E-state index is 5.91. The van der Waals surface area contributed by atoms with Gasteiger partial charge in [-0.3, -0.25) is 0 Å². The van der Waals surface area contributed by atoms with Crippen molar-refractivity contribution in [2.45, 2.75) is 13.8 Å². The molecule has 0 unspecified atom stereocenters. The third-order valence-electron chi connectivity index (χ3n) is 5.52. The molecule has 0 aliphatic rings. The van der Waals surface area contributed by atoms with Gasteiger partial charge in [-0.1, -0.05) is 47.5 Å². The Hall–Kier alpha value is -2.28. The highest BCUT2D eigenvalue weighted by Gasteiger charge is 2.12. The zero-order valence-corrected chi connectivity index (χ0v) is 25.0. The fourth-order valence-electron chi connectivity index (χ4n) is 3.73. The lowest BCUT2D eigenvalue weighted by atomic mass is 10.1. The maximum Gasteiger partial charge on any atom is 0.169 e. The summed E-state index contributed by atoms with van der Waals surface area (Å²) >= 11 is 16.4. The van der Waals surface area contributed by atoms with Crippen molar-refractivity contribution in [3.63, 3.8) is 0 Å². The molecule has 36 heavy (non-hydrogen) atoms. The number of nitrogens with zero attached hydrogens (tertiary/aromatic N) is 6. The van der Waals surface area contributed by atoms with Crippen LogP contribution < -0.4 is 0 Å². The average molecular weight is 739 g/mol. The van der Waals surface area contributed by atoms with Crippen LogP contribution in [-0.2, 0) is 0 Å². The minimum Gasteiger partial charge on any atom is -0.236 e. The summed E-state index contributed by atoms with van der Waals surface area (Å²) in [5.41, 5.74) is 7.94. The van der Waals surface area contributed by atoms with Gasteiger partial charge in [0, 0.05) is 33.6 Å². The Balaban J connectivity index is 0.000000148. The van der Waals surface area contributed by atoms with Crippen molar-refractivity contribution in [1.82, 2.24) is 29.2 Å². The maximum absolute atomic E-state index is 5.91. The molecule has 6 rings (SSSR count). The molecule has 0 amide bonds. The van der Waals surface area contributed by atoms with E-state index in [-0.39, 0.29) is 0 Å². The molecule has 0 atom stereocenters. The lowest BCUT2D eigenvalue weighted by Gasteiger charge is -2.04. The van der Waals surface area contributed by atoms with Gasteiger partial charge in [0.2, 0.25) is 0 Å². The van der Waals surface area contributed by atoms with Crippen molar-refractivity contribution in [3.8, 4) is 22.5 Å². The van der Waals surface area contributed by atoms with Crippen LogP contribution in [0.5, 0.6) is 0 Å². The zero-order valence-electron chi connectivity index (χ0n) is 19.1. The molecular formula is C26H18Cl2I2N6. The van der Waals surface area contributed by atoms with E-state index in [0.29, 0.717) is 0 Å². The van der Waals surface area contributed by atoms with Gasteiger partial charge in [0.15, 0.2) is 11.3 Å². The Kier molecular flexibility index (Phi) is 7.47. The van der Waals surface area contributed by atoms with Crippen molar-refractivity contribution < 1.29 is 0 Å². The largest absolute Gasteiger partial charge is 0.236 e. The van der Waals surface area contributed by atoms with Crippen molar-refractivity contribution >= 4 is 79.7 Å². The predicted octanol–water partition coefficient (Wildman–Crippen LogP) is 7.93. The molecule has 4 aromatic heterocycles. The Bertz CT molecular complexity index is 1570. The van der Waals surface area contributed by atoms with Gasteiger partial charge in [0.1, 0.15) is 0 Å². The molecule has 10 heteroatoms. The van der Waals surface area contributed by atoms with E-state index in [2.05, 4.69) is 65.3 Å². The molecule has 6 aromatic rings. The molecule has 4 heterocycles. The van der Waals surface area contributed by atoms with Crippen molar-refractivity contribution in [2.75, 3.05) is 0 Å². The third-order valence-corrected chi connectivity index (χ3v) is 8.55. The predicted molar refractivity (Wildman–Crippen MR) is 162 cm³/mol. The highest BCUT2D eigenvalue weighted by atomic mass is 127. The van der Waals surface area contributed by atoms with Crippen LogP contribution in [0.3, 0.4) is 0 Å². The number of hydrogen-bond donors (Lipinski definition) is 0. The molecule has 0 saturated heterocycles. The second-order valence-corrected chi connectivity index (χ2v) is 11.0. The van der Waals surface area contributed by atoms with E-state index in [4.69, 9.17) is 23.2 Å². The van der Waals surface area contributed by atoms with Gasteiger partial charge >= 0.3 is 0 Å². The molecule has 180 valence electrons. The Labute approximate surface area is 245 Å². The van der Waals surface area contributed by atoms with E-state index in [9.17, 15) is 0 Å². The van der Waals surface area contributed by atoms with Gasteiger partial charge in [0.25, 0.3) is 0 Å². The highest BCUT2D eigenvalue weighted by Crippen LogP contribution is 2.26. The number of aryl methyl sites for hydroxylation is 2. The first kappa shape index (κ1) is 25.4. The standard InChI is InChI=1S/2C13H9ClIN3/c2*1-8-12(15)13-16-7-6-11(18(13)17-8)9-2-4-10(14)5-3-9/h2*2-7H,1H3. The number of fused-ring (bicyclic) bond motifs is 2. The molecule has 0 radical (unpaired) electrons. The van der Waals surface area contributed by atoms with Crippen LogP contribution in [0, 0.1) is 21.0 Å². The van der Waals surface area contributed by atoms with Crippen molar-refractivity contribution in [2.24, 2.45) is 0 Å². The van der Waals surface area contributed by atoms with Gasteiger partial charge in [-0.2, -0.15) is 10.2 Å². The van der Waals surface area contributed by atoms with Gasteiger partial charge in [-0.05, 0) is 95.4 Å². The quantitative estimate of drug-likeness (QED) is 0.170. The Morgan fingerprint density at radius 1 is 0.583 bits per heavy atom. The normalized spacial score (nSPS) is 11.1. The first-order valence-corrected chi connectivity index (χ1v) is 13.8. The fraction of sp³-hybridized carbons (Fsp3) is 0.0769. The van der Waals surface area contributed by atoms with E-state index >= 15 is 0 Å². The molecule has 0 N–H and O–H groups in total. The number of rotatable bonds is 2. The van der Waals surface area contributed by atoms with Crippen LogP contribution in [0.1, 0.15) is 11.4 Å². The Morgan fingerprint density at radius 3 is 1.31 bits per heavy atom. The fourth-order valence-corrected chi connectivity index (χ4v) is 4.93. The minimum absolute atomic E-state index is 0.732. The molecule has 0 bridgehead atoms. The van der Waals surface area contributed by atoms with Crippen LogP contribution in [0.25, 0.3) is 33.8 Å². The summed E-state index contributed by atoms with van der Waals surface area (Å²) in [5.74, 6) is 0. The van der Waals surface area contributed by atoms with Gasteiger partial charge in [-0.15, -0.1) is 0 Å². The molecule has 2 aromatic carbocycles. The monoisotopic (exact) mass is 738 g/mol. The van der Waals surface area contributed by atoms with Crippen LogP contribution >= 0.6 is 68.4 Å². The molecule has 0 aliphatic carbocycles. The first-order chi connectivity index (χ1) is 17.3.